The number of fused-ring (bicyclic) bond motifs is 2. The summed E-state index contributed by atoms with van der Waals surface area (Å²) in [5, 5.41) is 7.32. The number of nitrogens with one attached hydrogen (secondary N) is 2. The second-order valence-corrected chi connectivity index (χ2v) is 7.06. The lowest BCUT2D eigenvalue weighted by Gasteiger charge is -2.03. The monoisotopic (exact) mass is 426 g/mol. The van der Waals surface area contributed by atoms with Crippen LogP contribution in [0, 0.1) is 11.6 Å². The molecule has 6 aromatic rings. The molecule has 5 heterocycles. The van der Waals surface area contributed by atoms with E-state index in [2.05, 4.69) is 40.1 Å². The van der Waals surface area contributed by atoms with Crippen LogP contribution in [0.2, 0.25) is 0 Å². The van der Waals surface area contributed by atoms with E-state index in [0.717, 1.165) is 0 Å². The van der Waals surface area contributed by atoms with Gasteiger partial charge >= 0.3 is 0 Å². The second kappa shape index (κ2) is 6.98. The van der Waals surface area contributed by atoms with E-state index in [-0.39, 0.29) is 16.9 Å². The maximum absolute atomic E-state index is 15.5. The maximum Gasteiger partial charge on any atom is 0.161 e. The van der Waals surface area contributed by atoms with Crippen LogP contribution in [-0.2, 0) is 0 Å². The second-order valence-electron chi connectivity index (χ2n) is 7.06. The van der Waals surface area contributed by atoms with E-state index in [0.29, 0.717) is 44.9 Å². The van der Waals surface area contributed by atoms with Crippen LogP contribution in [0.3, 0.4) is 0 Å². The molecular formula is C22H12F2N8. The molecule has 154 valence electrons. The minimum atomic E-state index is -0.557. The number of hydrogen-bond acceptors (Lipinski definition) is 6. The van der Waals surface area contributed by atoms with Gasteiger partial charge in [0.15, 0.2) is 11.6 Å². The first-order valence-electron chi connectivity index (χ1n) is 9.58. The highest BCUT2D eigenvalue weighted by atomic mass is 19.1. The summed E-state index contributed by atoms with van der Waals surface area (Å²) in [5.41, 5.74) is 3.84. The van der Waals surface area contributed by atoms with Crippen molar-refractivity contribution in [1.82, 2.24) is 40.1 Å². The first kappa shape index (κ1) is 18.2. The molecule has 0 bridgehead atoms. The zero-order chi connectivity index (χ0) is 21.7. The summed E-state index contributed by atoms with van der Waals surface area (Å²) in [6.45, 7) is 0. The SMILES string of the molecule is Fc1ccc(-c2nccc3[nH]c(-c4n[nH]c5cnc(-c6cncnc6)c(F)c45)nc23)cc1. The van der Waals surface area contributed by atoms with Gasteiger partial charge in [0.05, 0.1) is 28.3 Å². The Balaban J connectivity index is 1.54. The molecule has 0 saturated carbocycles. The van der Waals surface area contributed by atoms with Gasteiger partial charge in [0.1, 0.15) is 29.0 Å². The normalized spacial score (nSPS) is 11.4. The van der Waals surface area contributed by atoms with Crippen molar-refractivity contribution < 1.29 is 8.78 Å². The zero-order valence-electron chi connectivity index (χ0n) is 16.2. The molecule has 0 fully saturated rings. The van der Waals surface area contributed by atoms with E-state index in [1.54, 1.807) is 24.4 Å². The topological polar surface area (TPSA) is 109 Å². The van der Waals surface area contributed by atoms with Crippen molar-refractivity contribution in [2.24, 2.45) is 0 Å². The van der Waals surface area contributed by atoms with Crippen LogP contribution in [0.5, 0.6) is 0 Å². The Hall–Kier alpha value is -4.60. The molecule has 6 rings (SSSR count). The molecule has 32 heavy (non-hydrogen) atoms. The zero-order valence-corrected chi connectivity index (χ0v) is 16.2. The highest BCUT2D eigenvalue weighted by Gasteiger charge is 2.21. The standard InChI is InChI=1S/C22H12F2N8/c23-13-3-1-11(2-4-13)19-20-14(5-6-27-19)29-22(30-20)21-16-15(31-32-21)9-28-18(17(16)24)12-7-25-10-26-8-12/h1-10H,(H,29,30)(H,31,32). The Morgan fingerprint density at radius 3 is 2.38 bits per heavy atom. The van der Waals surface area contributed by atoms with E-state index in [9.17, 15) is 4.39 Å². The number of rotatable bonds is 3. The molecule has 0 aliphatic carbocycles. The molecule has 2 N–H and O–H groups in total. The summed E-state index contributed by atoms with van der Waals surface area (Å²) in [7, 11) is 0. The van der Waals surface area contributed by atoms with Gasteiger partial charge in [-0.2, -0.15) is 5.10 Å². The molecule has 0 saturated heterocycles. The molecule has 1 aromatic carbocycles. The first-order chi connectivity index (χ1) is 15.7. The quantitative estimate of drug-likeness (QED) is 0.437. The minimum absolute atomic E-state index is 0.116. The van der Waals surface area contributed by atoms with E-state index < -0.39 is 5.82 Å². The predicted octanol–water partition coefficient (Wildman–Crippen LogP) is 4.30. The van der Waals surface area contributed by atoms with Crippen LogP contribution in [0.25, 0.3) is 56.0 Å². The smallest absolute Gasteiger partial charge is 0.161 e. The minimum Gasteiger partial charge on any atom is -0.336 e. The Morgan fingerprint density at radius 1 is 0.750 bits per heavy atom. The maximum atomic E-state index is 15.5. The van der Waals surface area contributed by atoms with Gasteiger partial charge in [0, 0.05) is 29.7 Å². The van der Waals surface area contributed by atoms with Gasteiger partial charge in [-0.15, -0.1) is 0 Å². The molecule has 0 radical (unpaired) electrons. The number of hydrogen-bond donors (Lipinski definition) is 2. The van der Waals surface area contributed by atoms with Crippen molar-refractivity contribution >= 4 is 21.9 Å². The Morgan fingerprint density at radius 2 is 1.56 bits per heavy atom. The fourth-order valence-corrected chi connectivity index (χ4v) is 3.64. The fraction of sp³-hybridized carbons (Fsp3) is 0. The third kappa shape index (κ3) is 2.81. The van der Waals surface area contributed by atoms with Crippen molar-refractivity contribution in [2.45, 2.75) is 0 Å². The number of pyridine rings is 2. The van der Waals surface area contributed by atoms with E-state index >= 15 is 4.39 Å². The molecule has 8 nitrogen and oxygen atoms in total. The summed E-state index contributed by atoms with van der Waals surface area (Å²) >= 11 is 0. The van der Waals surface area contributed by atoms with Gasteiger partial charge in [-0.05, 0) is 30.3 Å². The average molecular weight is 426 g/mol. The molecule has 0 aliphatic rings. The molecule has 0 amide bonds. The highest BCUT2D eigenvalue weighted by Crippen LogP contribution is 2.33. The van der Waals surface area contributed by atoms with Crippen molar-refractivity contribution in [3.63, 3.8) is 0 Å². The number of aromatic amines is 2. The first-order valence-corrected chi connectivity index (χ1v) is 9.58. The van der Waals surface area contributed by atoms with Gasteiger partial charge in [0.25, 0.3) is 0 Å². The summed E-state index contributed by atoms with van der Waals surface area (Å²) in [6, 6.07) is 7.76. The van der Waals surface area contributed by atoms with Crippen LogP contribution < -0.4 is 0 Å². The number of imidazole rings is 1. The summed E-state index contributed by atoms with van der Waals surface area (Å²) in [6.07, 6.45) is 7.48. The van der Waals surface area contributed by atoms with E-state index in [1.807, 2.05) is 0 Å². The predicted molar refractivity (Wildman–Crippen MR) is 113 cm³/mol. The Labute approximate surface area is 178 Å². The van der Waals surface area contributed by atoms with Crippen molar-refractivity contribution in [2.75, 3.05) is 0 Å². The largest absolute Gasteiger partial charge is 0.336 e. The van der Waals surface area contributed by atoms with Crippen molar-refractivity contribution in [1.29, 1.82) is 0 Å². The molecular weight excluding hydrogens is 414 g/mol. The van der Waals surface area contributed by atoms with Gasteiger partial charge in [-0.25, -0.2) is 23.7 Å². The van der Waals surface area contributed by atoms with Crippen LogP contribution >= 0.6 is 0 Å². The van der Waals surface area contributed by atoms with Gasteiger partial charge in [0.2, 0.25) is 0 Å². The molecule has 0 atom stereocenters. The third-order valence-corrected chi connectivity index (χ3v) is 5.12. The van der Waals surface area contributed by atoms with Gasteiger partial charge in [-0.3, -0.25) is 15.1 Å². The number of aromatic nitrogens is 8. The number of H-pyrrole nitrogens is 2. The summed E-state index contributed by atoms with van der Waals surface area (Å²) < 4.78 is 28.8. The molecule has 0 unspecified atom stereocenters. The molecule has 0 aliphatic heterocycles. The van der Waals surface area contributed by atoms with Crippen LogP contribution in [-0.4, -0.2) is 40.1 Å². The number of halogens is 2. The fourth-order valence-electron chi connectivity index (χ4n) is 3.64. The van der Waals surface area contributed by atoms with Gasteiger partial charge < -0.3 is 4.98 Å². The Kier molecular flexibility index (Phi) is 3.97. The van der Waals surface area contributed by atoms with Crippen LogP contribution in [0.4, 0.5) is 8.78 Å². The summed E-state index contributed by atoms with van der Waals surface area (Å²) in [5.74, 6) is -0.531. The molecule has 0 spiro atoms. The van der Waals surface area contributed by atoms with E-state index in [4.69, 9.17) is 0 Å². The lowest BCUT2D eigenvalue weighted by atomic mass is 10.1. The lowest BCUT2D eigenvalue weighted by molar-refractivity contribution is 0.628. The van der Waals surface area contributed by atoms with E-state index in [1.165, 1.54) is 37.1 Å². The molecule has 10 heteroatoms. The van der Waals surface area contributed by atoms with Crippen LogP contribution in [0.15, 0.2) is 61.4 Å². The number of benzene rings is 1. The highest BCUT2D eigenvalue weighted by molar-refractivity contribution is 5.97. The third-order valence-electron chi connectivity index (χ3n) is 5.12. The number of nitrogens with zero attached hydrogens (tertiary/aromatic N) is 6. The molecule has 5 aromatic heterocycles. The van der Waals surface area contributed by atoms with Crippen molar-refractivity contribution in [3.05, 3.63) is 73.1 Å². The van der Waals surface area contributed by atoms with Gasteiger partial charge in [-0.1, -0.05) is 0 Å². The average Bonchev–Trinajstić information content (AvgIpc) is 3.45. The summed E-state index contributed by atoms with van der Waals surface area (Å²) in [4.78, 5) is 24.3. The lowest BCUT2D eigenvalue weighted by Crippen LogP contribution is -1.93. The Bertz CT molecular complexity index is 1590. The van der Waals surface area contributed by atoms with Crippen LogP contribution in [0.1, 0.15) is 0 Å². The van der Waals surface area contributed by atoms with Crippen molar-refractivity contribution in [3.8, 4) is 34.0 Å².